The maximum absolute atomic E-state index is 12.7. The number of ether oxygens (including phenoxy) is 2. The molecular formula is C26H33N3O5. The highest BCUT2D eigenvalue weighted by Gasteiger charge is 2.19. The zero-order valence-electron chi connectivity index (χ0n) is 19.9. The molecule has 3 N–H and O–H groups in total. The van der Waals surface area contributed by atoms with Crippen LogP contribution in [0.5, 0.6) is 0 Å². The van der Waals surface area contributed by atoms with Crippen molar-refractivity contribution in [1.82, 2.24) is 10.6 Å². The molecule has 0 spiro atoms. The number of alkyl carbamates (subject to hydrolysis) is 2. The van der Waals surface area contributed by atoms with Gasteiger partial charge in [-0.25, -0.2) is 9.59 Å². The van der Waals surface area contributed by atoms with Gasteiger partial charge in [-0.3, -0.25) is 4.79 Å². The van der Waals surface area contributed by atoms with Gasteiger partial charge in [-0.15, -0.1) is 0 Å². The minimum absolute atomic E-state index is 0.0365. The Kier molecular flexibility index (Phi) is 10.1. The molecule has 2 rings (SSSR count). The van der Waals surface area contributed by atoms with Crippen molar-refractivity contribution < 1.29 is 23.9 Å². The zero-order valence-corrected chi connectivity index (χ0v) is 19.9. The van der Waals surface area contributed by atoms with E-state index in [0.717, 1.165) is 11.1 Å². The van der Waals surface area contributed by atoms with Crippen molar-refractivity contribution in [2.75, 3.05) is 18.5 Å². The first-order valence-corrected chi connectivity index (χ1v) is 11.1. The molecule has 0 aliphatic carbocycles. The summed E-state index contributed by atoms with van der Waals surface area (Å²) >= 11 is 0. The van der Waals surface area contributed by atoms with E-state index in [1.807, 2.05) is 63.2 Å². The lowest BCUT2D eigenvalue weighted by molar-refractivity contribution is -0.116. The van der Waals surface area contributed by atoms with Gasteiger partial charge in [-0.1, -0.05) is 55.1 Å². The lowest BCUT2D eigenvalue weighted by atomic mass is 10.0. The van der Waals surface area contributed by atoms with Crippen LogP contribution in [0.1, 0.15) is 44.4 Å². The third-order valence-corrected chi connectivity index (χ3v) is 4.54. The average molecular weight is 468 g/mol. The summed E-state index contributed by atoms with van der Waals surface area (Å²) in [4.78, 5) is 36.4. The summed E-state index contributed by atoms with van der Waals surface area (Å²) in [6.07, 6.45) is 1.06. The standard InChI is InChI=1S/C26H33N3O5/c1-5-17-33-25(32)29-22(20-9-7-6-8-10-20)18-23(30)28-21-13-11-19(12-14-21)15-16-27-24(31)34-26(2,3)4/h5-14,22H,1,15-18H2,2-4H3,(H,27,31)(H,28,30)(H,29,32). The van der Waals surface area contributed by atoms with Crippen LogP contribution in [0.4, 0.5) is 15.3 Å². The number of benzene rings is 2. The van der Waals surface area contributed by atoms with Gasteiger partial charge in [0.1, 0.15) is 12.2 Å². The Bertz CT molecular complexity index is 953. The summed E-state index contributed by atoms with van der Waals surface area (Å²) in [7, 11) is 0. The van der Waals surface area contributed by atoms with E-state index in [4.69, 9.17) is 9.47 Å². The van der Waals surface area contributed by atoms with E-state index < -0.39 is 23.8 Å². The van der Waals surface area contributed by atoms with E-state index in [-0.39, 0.29) is 18.9 Å². The lowest BCUT2D eigenvalue weighted by Gasteiger charge is -2.19. The van der Waals surface area contributed by atoms with Gasteiger partial charge in [0.25, 0.3) is 0 Å². The number of amides is 3. The Morgan fingerprint density at radius 2 is 1.68 bits per heavy atom. The Balaban J connectivity index is 1.88. The molecule has 0 saturated carbocycles. The second kappa shape index (κ2) is 13.0. The van der Waals surface area contributed by atoms with Crippen LogP contribution in [-0.4, -0.2) is 36.8 Å². The van der Waals surface area contributed by atoms with Crippen LogP contribution in [0, 0.1) is 0 Å². The fourth-order valence-corrected chi connectivity index (χ4v) is 3.03. The van der Waals surface area contributed by atoms with Crippen LogP contribution < -0.4 is 16.0 Å². The molecular weight excluding hydrogens is 434 g/mol. The first kappa shape index (κ1) is 26.4. The first-order valence-electron chi connectivity index (χ1n) is 11.1. The summed E-state index contributed by atoms with van der Waals surface area (Å²) in [6.45, 7) is 9.47. The fraction of sp³-hybridized carbons (Fsp3) is 0.346. The third kappa shape index (κ3) is 10.2. The number of carbonyl (C=O) groups is 3. The van der Waals surface area contributed by atoms with Gasteiger partial charge in [0.15, 0.2) is 0 Å². The van der Waals surface area contributed by atoms with E-state index in [2.05, 4.69) is 22.5 Å². The highest BCUT2D eigenvalue weighted by Crippen LogP contribution is 2.19. The van der Waals surface area contributed by atoms with Crippen molar-refractivity contribution in [2.45, 2.75) is 45.3 Å². The molecule has 1 atom stereocenters. The van der Waals surface area contributed by atoms with Gasteiger partial charge in [0.05, 0.1) is 12.5 Å². The fourth-order valence-electron chi connectivity index (χ4n) is 3.03. The van der Waals surface area contributed by atoms with Crippen molar-refractivity contribution in [3.05, 3.63) is 78.4 Å². The molecule has 0 saturated heterocycles. The number of carbonyl (C=O) groups excluding carboxylic acids is 3. The largest absolute Gasteiger partial charge is 0.445 e. The van der Waals surface area contributed by atoms with Crippen molar-refractivity contribution in [3.63, 3.8) is 0 Å². The monoisotopic (exact) mass is 467 g/mol. The summed E-state index contributed by atoms with van der Waals surface area (Å²) in [5.74, 6) is -0.253. The van der Waals surface area contributed by atoms with E-state index in [0.29, 0.717) is 18.7 Å². The molecule has 8 nitrogen and oxygen atoms in total. The molecule has 0 radical (unpaired) electrons. The lowest BCUT2D eigenvalue weighted by Crippen LogP contribution is -2.33. The number of hydrogen-bond donors (Lipinski definition) is 3. The van der Waals surface area contributed by atoms with Crippen LogP contribution >= 0.6 is 0 Å². The SMILES string of the molecule is C=CCOC(=O)NC(CC(=O)Nc1ccc(CCNC(=O)OC(C)(C)C)cc1)c1ccccc1. The van der Waals surface area contributed by atoms with E-state index in [9.17, 15) is 14.4 Å². The van der Waals surface area contributed by atoms with Crippen LogP contribution in [0.3, 0.4) is 0 Å². The minimum Gasteiger partial charge on any atom is -0.445 e. The summed E-state index contributed by atoms with van der Waals surface area (Å²) < 4.78 is 10.2. The molecule has 2 aromatic carbocycles. The van der Waals surface area contributed by atoms with Crippen LogP contribution in [-0.2, 0) is 20.7 Å². The van der Waals surface area contributed by atoms with Gasteiger partial charge in [0, 0.05) is 12.2 Å². The quantitative estimate of drug-likeness (QED) is 0.438. The molecule has 2 aromatic rings. The predicted molar refractivity (Wildman–Crippen MR) is 131 cm³/mol. The second-order valence-corrected chi connectivity index (χ2v) is 8.62. The highest BCUT2D eigenvalue weighted by atomic mass is 16.6. The average Bonchev–Trinajstić information content (AvgIpc) is 2.78. The van der Waals surface area contributed by atoms with Crippen molar-refractivity contribution in [3.8, 4) is 0 Å². The molecule has 182 valence electrons. The van der Waals surface area contributed by atoms with Crippen molar-refractivity contribution in [2.24, 2.45) is 0 Å². The zero-order chi connectivity index (χ0) is 25.0. The molecule has 0 aliphatic rings. The molecule has 1 unspecified atom stereocenters. The van der Waals surface area contributed by atoms with Crippen LogP contribution in [0.15, 0.2) is 67.3 Å². The van der Waals surface area contributed by atoms with E-state index in [1.54, 1.807) is 12.1 Å². The maximum atomic E-state index is 12.7. The molecule has 0 fully saturated rings. The van der Waals surface area contributed by atoms with Gasteiger partial charge in [-0.05, 0) is 50.5 Å². The Hall–Kier alpha value is -3.81. The van der Waals surface area contributed by atoms with Gasteiger partial charge < -0.3 is 25.4 Å². The number of hydrogen-bond acceptors (Lipinski definition) is 5. The van der Waals surface area contributed by atoms with Gasteiger partial charge in [0.2, 0.25) is 5.91 Å². The van der Waals surface area contributed by atoms with Crippen molar-refractivity contribution >= 4 is 23.8 Å². The van der Waals surface area contributed by atoms with E-state index in [1.165, 1.54) is 6.08 Å². The van der Waals surface area contributed by atoms with E-state index >= 15 is 0 Å². The smallest absolute Gasteiger partial charge is 0.407 e. The highest BCUT2D eigenvalue weighted by molar-refractivity contribution is 5.91. The molecule has 0 aromatic heterocycles. The summed E-state index contributed by atoms with van der Waals surface area (Å²) in [5, 5.41) is 8.29. The van der Waals surface area contributed by atoms with Crippen LogP contribution in [0.25, 0.3) is 0 Å². The second-order valence-electron chi connectivity index (χ2n) is 8.62. The predicted octanol–water partition coefficient (Wildman–Crippen LogP) is 4.74. The van der Waals surface area contributed by atoms with Crippen LogP contribution in [0.2, 0.25) is 0 Å². The Morgan fingerprint density at radius 1 is 1.00 bits per heavy atom. The molecule has 34 heavy (non-hydrogen) atoms. The number of rotatable bonds is 10. The first-order chi connectivity index (χ1) is 16.2. The molecule has 3 amide bonds. The maximum Gasteiger partial charge on any atom is 0.407 e. The molecule has 0 aliphatic heterocycles. The third-order valence-electron chi connectivity index (χ3n) is 4.54. The number of nitrogens with one attached hydrogen (secondary N) is 3. The molecule has 8 heteroatoms. The Morgan fingerprint density at radius 3 is 2.29 bits per heavy atom. The Labute approximate surface area is 200 Å². The normalized spacial score (nSPS) is 11.6. The van der Waals surface area contributed by atoms with Gasteiger partial charge in [-0.2, -0.15) is 0 Å². The molecule has 0 heterocycles. The minimum atomic E-state index is -0.620. The topological polar surface area (TPSA) is 106 Å². The summed E-state index contributed by atoms with van der Waals surface area (Å²) in [5.41, 5.74) is 1.89. The van der Waals surface area contributed by atoms with Crippen molar-refractivity contribution in [1.29, 1.82) is 0 Å². The molecule has 0 bridgehead atoms. The van der Waals surface area contributed by atoms with Gasteiger partial charge >= 0.3 is 12.2 Å². The summed E-state index contributed by atoms with van der Waals surface area (Å²) in [6, 6.07) is 16.0. The number of anilines is 1.